The Morgan fingerprint density at radius 3 is 2.59 bits per heavy atom. The molecule has 4 heteroatoms. The first-order chi connectivity index (χ1) is 10.3. The van der Waals surface area contributed by atoms with Crippen LogP contribution in [0.4, 0.5) is 5.69 Å². The van der Waals surface area contributed by atoms with Crippen LogP contribution >= 0.6 is 0 Å². The van der Waals surface area contributed by atoms with Crippen molar-refractivity contribution in [1.29, 1.82) is 0 Å². The Labute approximate surface area is 131 Å². The first-order valence-corrected chi connectivity index (χ1v) is 7.86. The minimum absolute atomic E-state index is 0.0467. The fourth-order valence-corrected chi connectivity index (χ4v) is 4.51. The van der Waals surface area contributed by atoms with Crippen LogP contribution in [0.25, 0.3) is 0 Å². The quantitative estimate of drug-likeness (QED) is 0.641. The van der Waals surface area contributed by atoms with E-state index >= 15 is 0 Å². The Bertz CT molecular complexity index is 665. The summed E-state index contributed by atoms with van der Waals surface area (Å²) in [5.41, 5.74) is 1.80. The van der Waals surface area contributed by atoms with Gasteiger partial charge in [-0.25, -0.2) is 0 Å². The molecule has 2 aliphatic rings. The third kappa shape index (κ3) is 1.70. The second-order valence-corrected chi connectivity index (χ2v) is 7.59. The first-order valence-electron chi connectivity index (χ1n) is 7.86. The lowest BCUT2D eigenvalue weighted by Crippen LogP contribution is -2.43. The van der Waals surface area contributed by atoms with Gasteiger partial charge >= 0.3 is 0 Å². The summed E-state index contributed by atoms with van der Waals surface area (Å²) < 4.78 is 0. The van der Waals surface area contributed by atoms with Crippen molar-refractivity contribution >= 4 is 17.3 Å². The fraction of sp³-hybridized carbons (Fsp3) is 0.556. The zero-order valence-corrected chi connectivity index (χ0v) is 13.7. The summed E-state index contributed by atoms with van der Waals surface area (Å²) in [6, 6.07) is 7.85. The molecule has 2 N–H and O–H groups in total. The molecule has 4 nitrogen and oxygen atoms in total. The van der Waals surface area contributed by atoms with Crippen molar-refractivity contribution in [1.82, 2.24) is 0 Å². The van der Waals surface area contributed by atoms with E-state index in [9.17, 15) is 10.0 Å². The molecule has 2 fully saturated rings. The molecule has 2 aliphatic carbocycles. The van der Waals surface area contributed by atoms with Crippen molar-refractivity contribution in [2.45, 2.75) is 47.0 Å². The van der Waals surface area contributed by atoms with E-state index in [1.54, 1.807) is 0 Å². The molecule has 0 saturated heterocycles. The number of anilines is 1. The van der Waals surface area contributed by atoms with Gasteiger partial charge in [0.2, 0.25) is 5.91 Å². The van der Waals surface area contributed by atoms with Gasteiger partial charge in [-0.2, -0.15) is 0 Å². The summed E-state index contributed by atoms with van der Waals surface area (Å²) in [7, 11) is 0. The molecular formula is C18H24N2O2. The monoisotopic (exact) mass is 300 g/mol. The SMILES string of the molecule is Cc1cccc(NC(=O)[C@]23CC[C@@](C)(/C(=N\O)C2)C3(C)C)c1. The molecule has 0 radical (unpaired) electrons. The molecule has 22 heavy (non-hydrogen) atoms. The van der Waals surface area contributed by atoms with Gasteiger partial charge in [0.1, 0.15) is 0 Å². The highest BCUT2D eigenvalue weighted by Crippen LogP contribution is 2.71. The molecule has 0 heterocycles. The fourth-order valence-electron chi connectivity index (χ4n) is 4.51. The summed E-state index contributed by atoms with van der Waals surface area (Å²) >= 11 is 0. The topological polar surface area (TPSA) is 61.7 Å². The molecule has 2 bridgehead atoms. The Kier molecular flexibility index (Phi) is 3.13. The first kappa shape index (κ1) is 15.1. The Balaban J connectivity index is 1.95. The van der Waals surface area contributed by atoms with Crippen LogP contribution in [0.1, 0.15) is 45.6 Å². The number of benzene rings is 1. The van der Waals surface area contributed by atoms with Crippen molar-refractivity contribution in [3.63, 3.8) is 0 Å². The molecule has 1 aromatic rings. The molecular weight excluding hydrogens is 276 g/mol. The third-order valence-corrected chi connectivity index (χ3v) is 6.57. The van der Waals surface area contributed by atoms with Crippen LogP contribution in [-0.2, 0) is 4.79 Å². The normalized spacial score (nSPS) is 34.1. The van der Waals surface area contributed by atoms with Crippen LogP contribution in [0.15, 0.2) is 29.4 Å². The van der Waals surface area contributed by atoms with Crippen molar-refractivity contribution in [3.8, 4) is 0 Å². The van der Waals surface area contributed by atoms with Gasteiger partial charge in [0.05, 0.1) is 11.1 Å². The molecule has 1 aromatic carbocycles. The van der Waals surface area contributed by atoms with E-state index in [1.807, 2.05) is 31.2 Å². The largest absolute Gasteiger partial charge is 0.411 e. The van der Waals surface area contributed by atoms with E-state index < -0.39 is 5.41 Å². The summed E-state index contributed by atoms with van der Waals surface area (Å²) in [5.74, 6) is 0.0467. The van der Waals surface area contributed by atoms with Gasteiger partial charge in [0, 0.05) is 17.5 Å². The van der Waals surface area contributed by atoms with Gasteiger partial charge in [0.15, 0.2) is 0 Å². The summed E-state index contributed by atoms with van der Waals surface area (Å²) in [6.45, 7) is 8.40. The average molecular weight is 300 g/mol. The number of carbonyl (C=O) groups is 1. The van der Waals surface area contributed by atoms with Crippen LogP contribution < -0.4 is 5.32 Å². The number of hydrogen-bond acceptors (Lipinski definition) is 3. The molecule has 0 spiro atoms. The minimum Gasteiger partial charge on any atom is -0.411 e. The maximum Gasteiger partial charge on any atom is 0.231 e. The zero-order chi connectivity index (χ0) is 16.2. The van der Waals surface area contributed by atoms with Crippen molar-refractivity contribution in [3.05, 3.63) is 29.8 Å². The van der Waals surface area contributed by atoms with E-state index in [4.69, 9.17) is 0 Å². The van der Waals surface area contributed by atoms with E-state index in [-0.39, 0.29) is 16.7 Å². The number of aryl methyl sites for hydroxylation is 1. The highest BCUT2D eigenvalue weighted by Gasteiger charge is 2.71. The van der Waals surface area contributed by atoms with E-state index in [1.165, 1.54) is 0 Å². The van der Waals surface area contributed by atoms with Gasteiger partial charge in [-0.3, -0.25) is 4.79 Å². The molecule has 118 valence electrons. The van der Waals surface area contributed by atoms with Crippen LogP contribution in [0.5, 0.6) is 0 Å². The second kappa shape index (κ2) is 4.58. The van der Waals surface area contributed by atoms with Gasteiger partial charge in [-0.1, -0.05) is 38.1 Å². The number of fused-ring (bicyclic) bond motifs is 2. The minimum atomic E-state index is -0.493. The number of carbonyl (C=O) groups excluding carboxylic acids is 1. The molecule has 3 rings (SSSR count). The number of nitrogens with zero attached hydrogens (tertiary/aromatic N) is 1. The molecule has 0 aromatic heterocycles. The van der Waals surface area contributed by atoms with Gasteiger partial charge in [0.25, 0.3) is 0 Å². The maximum atomic E-state index is 13.1. The van der Waals surface area contributed by atoms with Crippen molar-refractivity contribution in [2.24, 2.45) is 21.4 Å². The lowest BCUT2D eigenvalue weighted by atomic mass is 9.64. The van der Waals surface area contributed by atoms with Crippen LogP contribution in [0.3, 0.4) is 0 Å². The third-order valence-electron chi connectivity index (χ3n) is 6.57. The smallest absolute Gasteiger partial charge is 0.231 e. The van der Waals surface area contributed by atoms with Crippen LogP contribution in [0.2, 0.25) is 0 Å². The highest BCUT2D eigenvalue weighted by atomic mass is 16.4. The van der Waals surface area contributed by atoms with E-state index in [2.05, 4.69) is 31.2 Å². The number of nitrogens with one attached hydrogen (secondary N) is 1. The Morgan fingerprint density at radius 2 is 2.00 bits per heavy atom. The van der Waals surface area contributed by atoms with Crippen LogP contribution in [0, 0.1) is 23.2 Å². The molecule has 1 amide bonds. The van der Waals surface area contributed by atoms with Crippen LogP contribution in [-0.4, -0.2) is 16.8 Å². The van der Waals surface area contributed by atoms with Gasteiger partial charge < -0.3 is 10.5 Å². The summed E-state index contributed by atoms with van der Waals surface area (Å²) in [5, 5.41) is 16.0. The summed E-state index contributed by atoms with van der Waals surface area (Å²) in [6.07, 6.45) is 2.28. The molecule has 0 unspecified atom stereocenters. The molecule has 0 aliphatic heterocycles. The van der Waals surface area contributed by atoms with Gasteiger partial charge in [-0.15, -0.1) is 0 Å². The highest BCUT2D eigenvalue weighted by molar-refractivity contribution is 6.06. The Morgan fingerprint density at radius 1 is 1.27 bits per heavy atom. The average Bonchev–Trinajstić information content (AvgIpc) is 2.77. The lowest BCUT2D eigenvalue weighted by molar-refractivity contribution is -0.130. The van der Waals surface area contributed by atoms with E-state index in [0.717, 1.165) is 29.8 Å². The van der Waals surface area contributed by atoms with Crippen molar-refractivity contribution < 1.29 is 10.0 Å². The molecule has 2 atom stereocenters. The van der Waals surface area contributed by atoms with Crippen molar-refractivity contribution in [2.75, 3.05) is 5.32 Å². The number of hydrogen-bond donors (Lipinski definition) is 2. The van der Waals surface area contributed by atoms with E-state index in [0.29, 0.717) is 6.42 Å². The standard InChI is InChI=1S/C18H24N2O2/c1-12-6-5-7-13(10-12)19-15(21)18-9-8-17(4,16(18,2)3)14(11-18)20-22/h5-7,10,22H,8-9,11H2,1-4H3,(H,19,21)/b20-14-/t17-,18-/m0/s1. The summed E-state index contributed by atoms with van der Waals surface area (Å²) in [4.78, 5) is 13.1. The molecule has 2 saturated carbocycles. The maximum absolute atomic E-state index is 13.1. The number of rotatable bonds is 2. The number of amides is 1. The predicted molar refractivity (Wildman–Crippen MR) is 87.2 cm³/mol. The van der Waals surface area contributed by atoms with Gasteiger partial charge in [-0.05, 0) is 42.9 Å². The lowest BCUT2D eigenvalue weighted by Gasteiger charge is -2.39. The second-order valence-electron chi connectivity index (χ2n) is 7.59. The zero-order valence-electron chi connectivity index (χ0n) is 13.7. The predicted octanol–water partition coefficient (Wildman–Crippen LogP) is 3.98. The number of oxime groups is 1. The Hall–Kier alpha value is -1.84.